The lowest BCUT2D eigenvalue weighted by Gasteiger charge is -2.02. The molecular formula is C11H13Cl2N3S. The van der Waals surface area contributed by atoms with Gasteiger partial charge in [0, 0.05) is 30.6 Å². The Morgan fingerprint density at radius 3 is 2.65 bits per heavy atom. The van der Waals surface area contributed by atoms with Gasteiger partial charge in [-0.25, -0.2) is 0 Å². The third kappa shape index (κ3) is 3.01. The Bertz CT molecular complexity index is 519. The normalized spacial score (nSPS) is 11.1. The number of halogens is 2. The predicted octanol–water partition coefficient (Wildman–Crippen LogP) is 3.39. The van der Waals surface area contributed by atoms with Gasteiger partial charge in [-0.15, -0.1) is 11.3 Å². The Labute approximate surface area is 114 Å². The summed E-state index contributed by atoms with van der Waals surface area (Å²) in [6.07, 6.45) is 0. The Morgan fingerprint density at radius 2 is 2.12 bits per heavy atom. The molecule has 2 heterocycles. The molecule has 0 radical (unpaired) electrons. The molecule has 92 valence electrons. The van der Waals surface area contributed by atoms with Crippen molar-refractivity contribution in [1.82, 2.24) is 15.1 Å². The molecule has 0 spiro atoms. The zero-order valence-corrected chi connectivity index (χ0v) is 12.0. The third-order valence-electron chi connectivity index (χ3n) is 2.50. The lowest BCUT2D eigenvalue weighted by Crippen LogP contribution is -2.12. The molecule has 0 saturated carbocycles. The molecule has 0 atom stereocenters. The van der Waals surface area contributed by atoms with Crippen molar-refractivity contribution in [2.75, 3.05) is 0 Å². The standard InChI is InChI=1S/C11H13Cl2N3S/c1-7-9(11(13)16(2)15-7)6-14-5-8-3-4-10(12)17-8/h3-4,14H,5-6H2,1-2H3. The summed E-state index contributed by atoms with van der Waals surface area (Å²) in [5.74, 6) is 0. The average Bonchev–Trinajstić information content (AvgIpc) is 2.78. The van der Waals surface area contributed by atoms with E-state index in [1.165, 1.54) is 4.88 Å². The molecular weight excluding hydrogens is 277 g/mol. The van der Waals surface area contributed by atoms with Crippen LogP contribution in [0, 0.1) is 6.92 Å². The minimum atomic E-state index is 0.694. The van der Waals surface area contributed by atoms with Crippen molar-refractivity contribution in [3.63, 3.8) is 0 Å². The number of hydrogen-bond donors (Lipinski definition) is 1. The summed E-state index contributed by atoms with van der Waals surface area (Å²) in [7, 11) is 1.85. The van der Waals surface area contributed by atoms with Gasteiger partial charge in [-0.2, -0.15) is 5.10 Å². The van der Waals surface area contributed by atoms with Gasteiger partial charge in [0.25, 0.3) is 0 Å². The third-order valence-corrected chi connectivity index (χ3v) is 4.20. The van der Waals surface area contributed by atoms with Crippen molar-refractivity contribution in [3.05, 3.63) is 37.8 Å². The second-order valence-electron chi connectivity index (χ2n) is 3.79. The minimum Gasteiger partial charge on any atom is -0.308 e. The molecule has 0 bridgehead atoms. The highest BCUT2D eigenvalue weighted by Gasteiger charge is 2.10. The minimum absolute atomic E-state index is 0.694. The number of thiophene rings is 1. The molecule has 0 unspecified atom stereocenters. The van der Waals surface area contributed by atoms with Gasteiger partial charge in [-0.1, -0.05) is 23.2 Å². The molecule has 1 N–H and O–H groups in total. The van der Waals surface area contributed by atoms with Gasteiger partial charge in [-0.3, -0.25) is 4.68 Å². The van der Waals surface area contributed by atoms with Crippen molar-refractivity contribution >= 4 is 34.5 Å². The van der Waals surface area contributed by atoms with E-state index in [4.69, 9.17) is 23.2 Å². The van der Waals surface area contributed by atoms with E-state index in [9.17, 15) is 0 Å². The van der Waals surface area contributed by atoms with Gasteiger partial charge in [-0.05, 0) is 19.1 Å². The molecule has 0 aliphatic heterocycles. The van der Waals surface area contributed by atoms with Gasteiger partial charge >= 0.3 is 0 Å². The SMILES string of the molecule is Cc1nn(C)c(Cl)c1CNCc1ccc(Cl)s1. The number of aryl methyl sites for hydroxylation is 2. The molecule has 0 aliphatic carbocycles. The second kappa shape index (κ2) is 5.40. The quantitative estimate of drug-likeness (QED) is 0.935. The van der Waals surface area contributed by atoms with Crippen molar-refractivity contribution in [3.8, 4) is 0 Å². The number of hydrogen-bond acceptors (Lipinski definition) is 3. The smallest absolute Gasteiger partial charge is 0.131 e. The van der Waals surface area contributed by atoms with Gasteiger partial charge in [0.2, 0.25) is 0 Å². The Kier molecular flexibility index (Phi) is 4.09. The van der Waals surface area contributed by atoms with E-state index in [1.807, 2.05) is 26.1 Å². The van der Waals surface area contributed by atoms with Crippen LogP contribution in [0.15, 0.2) is 12.1 Å². The van der Waals surface area contributed by atoms with Crippen LogP contribution in [-0.2, 0) is 20.1 Å². The predicted molar refractivity (Wildman–Crippen MR) is 72.8 cm³/mol. The summed E-state index contributed by atoms with van der Waals surface area (Å²) < 4.78 is 2.51. The Balaban J connectivity index is 1.94. The molecule has 2 rings (SSSR count). The zero-order chi connectivity index (χ0) is 12.4. The topological polar surface area (TPSA) is 29.9 Å². The lowest BCUT2D eigenvalue weighted by atomic mass is 10.2. The molecule has 0 aromatic carbocycles. The fraction of sp³-hybridized carbons (Fsp3) is 0.364. The highest BCUT2D eigenvalue weighted by Crippen LogP contribution is 2.22. The van der Waals surface area contributed by atoms with Gasteiger partial charge < -0.3 is 5.32 Å². The monoisotopic (exact) mass is 289 g/mol. The first kappa shape index (κ1) is 12.9. The van der Waals surface area contributed by atoms with E-state index < -0.39 is 0 Å². The molecule has 0 aliphatic rings. The lowest BCUT2D eigenvalue weighted by molar-refractivity contribution is 0.697. The number of nitrogens with zero attached hydrogens (tertiary/aromatic N) is 2. The van der Waals surface area contributed by atoms with E-state index >= 15 is 0 Å². The summed E-state index contributed by atoms with van der Waals surface area (Å²) in [6, 6.07) is 3.93. The Morgan fingerprint density at radius 1 is 1.35 bits per heavy atom. The first-order valence-electron chi connectivity index (χ1n) is 5.21. The van der Waals surface area contributed by atoms with Crippen LogP contribution >= 0.6 is 34.5 Å². The summed E-state index contributed by atoms with van der Waals surface area (Å²) in [6.45, 7) is 3.47. The molecule has 2 aromatic heterocycles. The maximum Gasteiger partial charge on any atom is 0.131 e. The molecule has 0 saturated heterocycles. The maximum atomic E-state index is 6.14. The average molecular weight is 290 g/mol. The maximum absolute atomic E-state index is 6.14. The van der Waals surface area contributed by atoms with Crippen molar-refractivity contribution in [1.29, 1.82) is 0 Å². The first-order valence-corrected chi connectivity index (χ1v) is 6.78. The Hall–Kier alpha value is -0.550. The van der Waals surface area contributed by atoms with E-state index in [0.29, 0.717) is 11.7 Å². The van der Waals surface area contributed by atoms with Crippen LogP contribution in [0.4, 0.5) is 0 Å². The number of aromatic nitrogens is 2. The van der Waals surface area contributed by atoms with E-state index in [-0.39, 0.29) is 0 Å². The van der Waals surface area contributed by atoms with Crippen LogP contribution in [-0.4, -0.2) is 9.78 Å². The van der Waals surface area contributed by atoms with Gasteiger partial charge in [0.15, 0.2) is 0 Å². The fourth-order valence-electron chi connectivity index (χ4n) is 1.63. The molecule has 2 aromatic rings. The number of rotatable bonds is 4. The number of nitrogens with one attached hydrogen (secondary N) is 1. The summed E-state index contributed by atoms with van der Waals surface area (Å²) in [5, 5.41) is 8.30. The van der Waals surface area contributed by atoms with Crippen LogP contribution < -0.4 is 5.32 Å². The molecule has 0 fully saturated rings. The van der Waals surface area contributed by atoms with E-state index in [2.05, 4.69) is 10.4 Å². The molecule has 3 nitrogen and oxygen atoms in total. The van der Waals surface area contributed by atoms with Crippen LogP contribution in [0.1, 0.15) is 16.1 Å². The highest BCUT2D eigenvalue weighted by molar-refractivity contribution is 7.16. The molecule has 0 amide bonds. The van der Waals surface area contributed by atoms with Crippen molar-refractivity contribution in [2.45, 2.75) is 20.0 Å². The van der Waals surface area contributed by atoms with E-state index in [1.54, 1.807) is 16.0 Å². The highest BCUT2D eigenvalue weighted by atomic mass is 35.5. The largest absolute Gasteiger partial charge is 0.308 e. The van der Waals surface area contributed by atoms with Crippen molar-refractivity contribution < 1.29 is 0 Å². The second-order valence-corrected chi connectivity index (χ2v) is 5.95. The van der Waals surface area contributed by atoms with Crippen LogP contribution in [0.2, 0.25) is 9.49 Å². The molecule has 6 heteroatoms. The summed E-state index contributed by atoms with van der Waals surface area (Å²) in [4.78, 5) is 1.22. The van der Waals surface area contributed by atoms with Gasteiger partial charge in [0.05, 0.1) is 10.0 Å². The van der Waals surface area contributed by atoms with Crippen LogP contribution in [0.3, 0.4) is 0 Å². The van der Waals surface area contributed by atoms with Crippen LogP contribution in [0.5, 0.6) is 0 Å². The molecule has 17 heavy (non-hydrogen) atoms. The van der Waals surface area contributed by atoms with Crippen LogP contribution in [0.25, 0.3) is 0 Å². The summed E-state index contributed by atoms with van der Waals surface area (Å²) >= 11 is 13.6. The van der Waals surface area contributed by atoms with E-state index in [0.717, 1.165) is 22.1 Å². The summed E-state index contributed by atoms with van der Waals surface area (Å²) in [5.41, 5.74) is 2.02. The van der Waals surface area contributed by atoms with Gasteiger partial charge in [0.1, 0.15) is 5.15 Å². The fourth-order valence-corrected chi connectivity index (χ4v) is 2.93. The zero-order valence-electron chi connectivity index (χ0n) is 9.63. The van der Waals surface area contributed by atoms with Crippen molar-refractivity contribution in [2.24, 2.45) is 7.05 Å². The first-order chi connectivity index (χ1) is 8.08.